The molecule has 1 amide bonds. The van der Waals surface area contributed by atoms with E-state index in [1.54, 1.807) is 36.4 Å². The molecule has 0 atom stereocenters. The van der Waals surface area contributed by atoms with Crippen LogP contribution in [0.25, 0.3) is 10.9 Å². The summed E-state index contributed by atoms with van der Waals surface area (Å²) in [5.74, 6) is -0.834. The van der Waals surface area contributed by atoms with Gasteiger partial charge in [-0.15, -0.1) is 0 Å². The number of carbonyl (C=O) groups is 2. The smallest absolute Gasteiger partial charge is 0.336 e. The van der Waals surface area contributed by atoms with E-state index in [1.807, 2.05) is 0 Å². The molecule has 3 rings (SSSR count). The maximum Gasteiger partial charge on any atom is 0.336 e. The average molecular weight is 325 g/mol. The minimum Gasteiger partial charge on any atom is -0.494 e. The van der Waals surface area contributed by atoms with Gasteiger partial charge >= 0.3 is 5.97 Å². The molecule has 0 bridgehead atoms. The number of carbonyl (C=O) groups excluding carboxylic acids is 1. The van der Waals surface area contributed by atoms with Gasteiger partial charge < -0.3 is 15.2 Å². The molecule has 0 aliphatic carbocycles. The van der Waals surface area contributed by atoms with Crippen LogP contribution in [0.5, 0.6) is 5.75 Å². The van der Waals surface area contributed by atoms with E-state index in [0.717, 1.165) is 0 Å². The number of carboxylic acids is 1. The number of aromatic amines is 1. The number of methoxy groups -OCH3 is 1. The Bertz CT molecular complexity index is 917. The van der Waals surface area contributed by atoms with Gasteiger partial charge in [-0.2, -0.15) is 5.10 Å². The monoisotopic (exact) mass is 325 g/mol. The molecule has 2 aromatic carbocycles. The highest BCUT2D eigenvalue weighted by Gasteiger charge is 2.17. The van der Waals surface area contributed by atoms with Crippen LogP contribution >= 0.6 is 0 Å². The number of amides is 1. The van der Waals surface area contributed by atoms with Crippen molar-refractivity contribution in [3.8, 4) is 5.75 Å². The molecule has 0 aliphatic rings. The van der Waals surface area contributed by atoms with E-state index in [9.17, 15) is 9.59 Å². The zero-order valence-corrected chi connectivity index (χ0v) is 12.9. The minimum atomic E-state index is -1.03. The summed E-state index contributed by atoms with van der Waals surface area (Å²) in [4.78, 5) is 23.6. The topological polar surface area (TPSA) is 104 Å². The molecule has 3 aromatic rings. The number of carboxylic acid groups (broad SMARTS) is 1. The molecule has 0 fully saturated rings. The normalized spacial score (nSPS) is 10.5. The number of nitrogens with zero attached hydrogens (tertiary/aromatic N) is 1. The number of ether oxygens (including phenoxy) is 1. The predicted molar refractivity (Wildman–Crippen MR) is 87.2 cm³/mol. The summed E-state index contributed by atoms with van der Waals surface area (Å²) in [7, 11) is 1.54. The third kappa shape index (κ3) is 2.79. The van der Waals surface area contributed by atoms with Gasteiger partial charge in [-0.1, -0.05) is 30.3 Å². The highest BCUT2D eigenvalue weighted by Crippen LogP contribution is 2.25. The summed E-state index contributed by atoms with van der Waals surface area (Å²) in [6, 6.07) is 11.8. The first-order valence-electron chi connectivity index (χ1n) is 7.22. The molecule has 0 spiro atoms. The van der Waals surface area contributed by atoms with Crippen molar-refractivity contribution in [1.29, 1.82) is 0 Å². The number of aromatic carboxylic acids is 1. The molecule has 0 radical (unpaired) electrons. The number of aromatic nitrogens is 2. The molecule has 7 nitrogen and oxygen atoms in total. The van der Waals surface area contributed by atoms with Crippen molar-refractivity contribution in [3.63, 3.8) is 0 Å². The lowest BCUT2D eigenvalue weighted by Crippen LogP contribution is -2.24. The first-order chi connectivity index (χ1) is 11.6. The van der Waals surface area contributed by atoms with E-state index >= 15 is 0 Å². The number of fused-ring (bicyclic) bond motifs is 1. The lowest BCUT2D eigenvalue weighted by Gasteiger charge is -2.07. The number of para-hydroxylation sites is 1. The second-order valence-electron chi connectivity index (χ2n) is 5.10. The van der Waals surface area contributed by atoms with E-state index in [-0.39, 0.29) is 17.8 Å². The summed E-state index contributed by atoms with van der Waals surface area (Å²) in [5.41, 5.74) is 1.55. The van der Waals surface area contributed by atoms with Gasteiger partial charge in [-0.05, 0) is 17.7 Å². The Balaban J connectivity index is 1.83. The fraction of sp³-hybridized carbons (Fsp3) is 0.118. The molecule has 122 valence electrons. The Kier molecular flexibility index (Phi) is 4.15. The van der Waals surface area contributed by atoms with Gasteiger partial charge in [0.2, 0.25) is 0 Å². The number of nitrogens with one attached hydrogen (secondary N) is 2. The zero-order valence-electron chi connectivity index (χ0n) is 12.9. The maximum absolute atomic E-state index is 12.4. The molecule has 1 heterocycles. The van der Waals surface area contributed by atoms with Gasteiger partial charge in [-0.25, -0.2) is 4.79 Å². The Hall–Kier alpha value is -3.35. The summed E-state index contributed by atoms with van der Waals surface area (Å²) in [6.45, 7) is 0.0969. The number of H-pyrrole nitrogens is 1. The van der Waals surface area contributed by atoms with Gasteiger partial charge in [0.1, 0.15) is 11.3 Å². The standard InChI is InChI=1S/C17H15N3O4/c1-24-13-8-4-7-12-14(13)19-20-15(12)16(21)18-9-10-5-2-3-6-11(10)17(22)23/h2-8H,9H2,1H3,(H,18,21)(H,19,20)(H,22,23). The first kappa shape index (κ1) is 15.5. The van der Waals surface area contributed by atoms with Crippen molar-refractivity contribution < 1.29 is 19.4 Å². The number of rotatable bonds is 5. The van der Waals surface area contributed by atoms with Crippen molar-refractivity contribution in [1.82, 2.24) is 15.5 Å². The van der Waals surface area contributed by atoms with Gasteiger partial charge in [0.15, 0.2) is 5.69 Å². The summed E-state index contributed by atoms with van der Waals surface area (Å²) in [5, 5.41) is 19.3. The van der Waals surface area contributed by atoms with Crippen LogP contribution in [0.3, 0.4) is 0 Å². The van der Waals surface area contributed by atoms with E-state index in [2.05, 4.69) is 15.5 Å². The first-order valence-corrected chi connectivity index (χ1v) is 7.22. The van der Waals surface area contributed by atoms with Crippen LogP contribution in [0.1, 0.15) is 26.4 Å². The lowest BCUT2D eigenvalue weighted by molar-refractivity contribution is 0.0694. The van der Waals surface area contributed by atoms with Crippen molar-refractivity contribution in [2.75, 3.05) is 7.11 Å². The van der Waals surface area contributed by atoms with Crippen LogP contribution in [0, 0.1) is 0 Å². The van der Waals surface area contributed by atoms with Crippen molar-refractivity contribution in [2.45, 2.75) is 6.54 Å². The number of hydrogen-bond acceptors (Lipinski definition) is 4. The second-order valence-corrected chi connectivity index (χ2v) is 5.10. The molecule has 7 heteroatoms. The lowest BCUT2D eigenvalue weighted by atomic mass is 10.1. The minimum absolute atomic E-state index is 0.0969. The summed E-state index contributed by atoms with van der Waals surface area (Å²) >= 11 is 0. The van der Waals surface area contributed by atoms with Crippen LogP contribution in [0.2, 0.25) is 0 Å². The largest absolute Gasteiger partial charge is 0.494 e. The molecule has 0 aliphatic heterocycles. The molecule has 24 heavy (non-hydrogen) atoms. The third-order valence-corrected chi connectivity index (χ3v) is 3.68. The SMILES string of the molecule is COc1cccc2c(C(=O)NCc3ccccc3C(=O)O)n[nH]c12. The molecule has 0 saturated carbocycles. The van der Waals surface area contributed by atoms with Crippen LogP contribution in [-0.4, -0.2) is 34.3 Å². The Labute approximate surface area is 137 Å². The van der Waals surface area contributed by atoms with E-state index < -0.39 is 11.9 Å². The molecular formula is C17H15N3O4. The fourth-order valence-corrected chi connectivity index (χ4v) is 2.50. The van der Waals surface area contributed by atoms with Crippen LogP contribution < -0.4 is 10.1 Å². The summed E-state index contributed by atoms with van der Waals surface area (Å²) in [6.07, 6.45) is 0. The molecule has 0 unspecified atom stereocenters. The van der Waals surface area contributed by atoms with Gasteiger partial charge in [-0.3, -0.25) is 9.89 Å². The summed E-state index contributed by atoms with van der Waals surface area (Å²) < 4.78 is 5.22. The quantitative estimate of drug-likeness (QED) is 0.667. The fourth-order valence-electron chi connectivity index (χ4n) is 2.50. The Morgan fingerprint density at radius 1 is 1.21 bits per heavy atom. The average Bonchev–Trinajstić information content (AvgIpc) is 3.04. The van der Waals surface area contributed by atoms with Crippen molar-refractivity contribution in [3.05, 3.63) is 59.3 Å². The van der Waals surface area contributed by atoms with Crippen molar-refractivity contribution >= 4 is 22.8 Å². The Morgan fingerprint density at radius 2 is 2.00 bits per heavy atom. The Morgan fingerprint density at radius 3 is 2.75 bits per heavy atom. The highest BCUT2D eigenvalue weighted by atomic mass is 16.5. The highest BCUT2D eigenvalue weighted by molar-refractivity contribution is 6.06. The predicted octanol–water partition coefficient (Wildman–Crippen LogP) is 2.20. The van der Waals surface area contributed by atoms with Gasteiger partial charge in [0.25, 0.3) is 5.91 Å². The molecule has 1 aromatic heterocycles. The third-order valence-electron chi connectivity index (χ3n) is 3.68. The van der Waals surface area contributed by atoms with Gasteiger partial charge in [0, 0.05) is 11.9 Å². The molecule has 0 saturated heterocycles. The van der Waals surface area contributed by atoms with E-state index in [1.165, 1.54) is 13.2 Å². The van der Waals surface area contributed by atoms with E-state index in [0.29, 0.717) is 22.2 Å². The number of benzene rings is 2. The second kappa shape index (κ2) is 6.41. The molecular weight excluding hydrogens is 310 g/mol. The van der Waals surface area contributed by atoms with Crippen molar-refractivity contribution in [2.24, 2.45) is 0 Å². The zero-order chi connectivity index (χ0) is 17.1. The van der Waals surface area contributed by atoms with Gasteiger partial charge in [0.05, 0.1) is 12.7 Å². The van der Waals surface area contributed by atoms with Crippen LogP contribution in [0.15, 0.2) is 42.5 Å². The maximum atomic E-state index is 12.4. The van der Waals surface area contributed by atoms with E-state index in [4.69, 9.17) is 9.84 Å². The molecule has 3 N–H and O–H groups in total. The number of hydrogen-bond donors (Lipinski definition) is 3. The van der Waals surface area contributed by atoms with Crippen LogP contribution in [-0.2, 0) is 6.54 Å². The van der Waals surface area contributed by atoms with Crippen LogP contribution in [0.4, 0.5) is 0 Å².